The third-order valence-corrected chi connectivity index (χ3v) is 7.13. The van der Waals surface area contributed by atoms with E-state index in [1.54, 1.807) is 24.3 Å². The first-order valence-electron chi connectivity index (χ1n) is 10.5. The second-order valence-corrected chi connectivity index (χ2v) is 9.04. The van der Waals surface area contributed by atoms with Crippen LogP contribution >= 0.6 is 11.3 Å². The Morgan fingerprint density at radius 2 is 2.03 bits per heavy atom. The number of nitrogens with one attached hydrogen (secondary N) is 1. The number of hydrogen-bond donors (Lipinski definition) is 1. The van der Waals surface area contributed by atoms with Crippen molar-refractivity contribution in [3.63, 3.8) is 0 Å². The third kappa shape index (κ3) is 4.33. The van der Waals surface area contributed by atoms with Crippen LogP contribution in [0, 0.1) is 18.7 Å². The van der Waals surface area contributed by atoms with Crippen molar-refractivity contribution in [2.75, 3.05) is 36.4 Å². The van der Waals surface area contributed by atoms with Crippen molar-refractivity contribution in [2.24, 2.45) is 5.92 Å². The maximum atomic E-state index is 13.3. The van der Waals surface area contributed by atoms with Crippen LogP contribution < -0.4 is 10.2 Å². The zero-order valence-corrected chi connectivity index (χ0v) is 18.2. The van der Waals surface area contributed by atoms with Gasteiger partial charge in [-0.05, 0) is 49.9 Å². The molecule has 0 bridgehead atoms. The van der Waals surface area contributed by atoms with Gasteiger partial charge in [0.2, 0.25) is 11.8 Å². The summed E-state index contributed by atoms with van der Waals surface area (Å²) in [6.07, 6.45) is 2.79. The van der Waals surface area contributed by atoms with E-state index in [0.717, 1.165) is 55.4 Å². The first-order chi connectivity index (χ1) is 14.4. The molecule has 1 aromatic heterocycles. The van der Waals surface area contributed by atoms with E-state index in [9.17, 15) is 14.0 Å². The highest BCUT2D eigenvalue weighted by molar-refractivity contribution is 7.15. The molecule has 1 atom stereocenters. The fourth-order valence-electron chi connectivity index (χ4n) is 4.09. The van der Waals surface area contributed by atoms with Crippen LogP contribution in [0.2, 0.25) is 0 Å². The Kier molecular flexibility index (Phi) is 6.04. The molecule has 1 aliphatic heterocycles. The Hall–Kier alpha value is -2.48. The minimum absolute atomic E-state index is 0.0167. The lowest BCUT2D eigenvalue weighted by molar-refractivity contribution is -0.131. The van der Waals surface area contributed by atoms with Crippen molar-refractivity contribution >= 4 is 34.0 Å². The van der Waals surface area contributed by atoms with E-state index in [0.29, 0.717) is 18.5 Å². The van der Waals surface area contributed by atoms with Gasteiger partial charge < -0.3 is 15.1 Å². The van der Waals surface area contributed by atoms with Crippen molar-refractivity contribution in [2.45, 2.75) is 39.5 Å². The van der Waals surface area contributed by atoms with Gasteiger partial charge in [-0.2, -0.15) is 0 Å². The van der Waals surface area contributed by atoms with Crippen molar-refractivity contribution in [3.8, 4) is 0 Å². The van der Waals surface area contributed by atoms with Crippen molar-refractivity contribution in [1.82, 2.24) is 9.88 Å². The standard InChI is InChI=1S/C22H27FN4O2S/c1-3-20(28)26-8-10-27(11-9-26)22-25-18-6-4-15(13-19(18)30-22)21(29)24-17-7-5-16(23)12-14(17)2/h5,7,12,15H,3-4,6,8-11,13H2,1-2H3,(H,24,29)/t15-/m1/s1. The summed E-state index contributed by atoms with van der Waals surface area (Å²) in [5.74, 6) is -0.213. The fourth-order valence-corrected chi connectivity index (χ4v) is 5.33. The van der Waals surface area contributed by atoms with E-state index < -0.39 is 0 Å². The highest BCUT2D eigenvalue weighted by Crippen LogP contribution is 2.35. The van der Waals surface area contributed by atoms with Gasteiger partial charge in [-0.1, -0.05) is 6.92 Å². The van der Waals surface area contributed by atoms with Gasteiger partial charge in [0.25, 0.3) is 0 Å². The highest BCUT2D eigenvalue weighted by Gasteiger charge is 2.30. The number of thiazole rings is 1. The lowest BCUT2D eigenvalue weighted by Crippen LogP contribution is -2.48. The monoisotopic (exact) mass is 430 g/mol. The van der Waals surface area contributed by atoms with Gasteiger partial charge in [-0.15, -0.1) is 11.3 Å². The average molecular weight is 431 g/mol. The van der Waals surface area contributed by atoms with E-state index in [2.05, 4.69) is 10.2 Å². The zero-order chi connectivity index (χ0) is 21.3. The molecule has 2 aromatic rings. The summed E-state index contributed by atoms with van der Waals surface area (Å²) in [7, 11) is 0. The topological polar surface area (TPSA) is 65.5 Å². The molecule has 2 amide bonds. The number of nitrogens with zero attached hydrogens (tertiary/aromatic N) is 3. The maximum Gasteiger partial charge on any atom is 0.227 e. The second kappa shape index (κ2) is 8.71. The number of carbonyl (C=O) groups is 2. The van der Waals surface area contributed by atoms with Crippen LogP contribution in [-0.4, -0.2) is 47.9 Å². The molecule has 8 heteroatoms. The molecule has 1 aromatic carbocycles. The number of fused-ring (bicyclic) bond motifs is 1. The van der Waals surface area contributed by atoms with Crippen molar-refractivity contribution in [1.29, 1.82) is 0 Å². The molecule has 1 saturated heterocycles. The normalized spacial score (nSPS) is 18.8. The predicted octanol–water partition coefficient (Wildman–Crippen LogP) is 3.39. The number of anilines is 2. The number of halogens is 1. The van der Waals surface area contributed by atoms with Crippen LogP contribution in [-0.2, 0) is 22.4 Å². The number of carbonyl (C=O) groups excluding carboxylic acids is 2. The number of aromatic nitrogens is 1. The number of rotatable bonds is 4. The summed E-state index contributed by atoms with van der Waals surface area (Å²) in [6, 6.07) is 4.41. The highest BCUT2D eigenvalue weighted by atomic mass is 32.1. The molecule has 0 saturated carbocycles. The first kappa shape index (κ1) is 20.8. The van der Waals surface area contributed by atoms with Crippen molar-refractivity contribution in [3.05, 3.63) is 40.2 Å². The van der Waals surface area contributed by atoms with Gasteiger partial charge >= 0.3 is 0 Å². The second-order valence-electron chi connectivity index (χ2n) is 7.98. The first-order valence-corrected chi connectivity index (χ1v) is 11.3. The van der Waals surface area contributed by atoms with E-state index in [1.807, 2.05) is 11.8 Å². The fraction of sp³-hybridized carbons (Fsp3) is 0.500. The number of hydrogen-bond acceptors (Lipinski definition) is 5. The summed E-state index contributed by atoms with van der Waals surface area (Å²) in [5.41, 5.74) is 2.49. The molecule has 2 heterocycles. The molecule has 1 aliphatic carbocycles. The van der Waals surface area contributed by atoms with E-state index in [-0.39, 0.29) is 23.5 Å². The van der Waals surface area contributed by atoms with E-state index in [1.165, 1.54) is 17.0 Å². The summed E-state index contributed by atoms with van der Waals surface area (Å²) in [6.45, 7) is 6.75. The Morgan fingerprint density at radius 3 is 2.73 bits per heavy atom. The van der Waals surface area contributed by atoms with Gasteiger partial charge in [0, 0.05) is 49.1 Å². The lowest BCUT2D eigenvalue weighted by Gasteiger charge is -2.34. The van der Waals surface area contributed by atoms with E-state index >= 15 is 0 Å². The number of amides is 2. The van der Waals surface area contributed by atoms with Gasteiger partial charge in [0.1, 0.15) is 5.82 Å². The Morgan fingerprint density at radius 1 is 1.27 bits per heavy atom. The summed E-state index contributed by atoms with van der Waals surface area (Å²) >= 11 is 1.67. The number of benzene rings is 1. The average Bonchev–Trinajstić information content (AvgIpc) is 3.18. The van der Waals surface area contributed by atoms with Crippen LogP contribution in [0.15, 0.2) is 18.2 Å². The van der Waals surface area contributed by atoms with Gasteiger partial charge in [-0.3, -0.25) is 9.59 Å². The Labute approximate surface area is 180 Å². The summed E-state index contributed by atoms with van der Waals surface area (Å²) in [4.78, 5) is 34.8. The smallest absolute Gasteiger partial charge is 0.227 e. The molecule has 6 nitrogen and oxygen atoms in total. The molecule has 0 spiro atoms. The van der Waals surface area contributed by atoms with E-state index in [4.69, 9.17) is 4.98 Å². The summed E-state index contributed by atoms with van der Waals surface area (Å²) < 4.78 is 13.3. The predicted molar refractivity (Wildman–Crippen MR) is 116 cm³/mol. The van der Waals surface area contributed by atoms with Crippen LogP contribution in [0.25, 0.3) is 0 Å². The van der Waals surface area contributed by atoms with Crippen LogP contribution in [0.1, 0.15) is 35.9 Å². The molecule has 160 valence electrons. The molecule has 1 fully saturated rings. The lowest BCUT2D eigenvalue weighted by atomic mass is 9.90. The molecule has 1 N–H and O–H groups in total. The zero-order valence-electron chi connectivity index (χ0n) is 17.4. The Bertz CT molecular complexity index is 953. The minimum atomic E-state index is -0.301. The quantitative estimate of drug-likeness (QED) is 0.808. The maximum absolute atomic E-state index is 13.3. The van der Waals surface area contributed by atoms with Crippen molar-refractivity contribution < 1.29 is 14.0 Å². The molecule has 2 aliphatic rings. The third-order valence-electron chi connectivity index (χ3n) is 5.95. The van der Waals surface area contributed by atoms with Crippen LogP contribution in [0.5, 0.6) is 0 Å². The Balaban J connectivity index is 1.38. The SMILES string of the molecule is CCC(=O)N1CCN(c2nc3c(s2)C[C@H](C(=O)Nc2ccc(F)cc2C)CC3)CC1. The number of aryl methyl sites for hydroxylation is 2. The van der Waals surface area contributed by atoms with Gasteiger partial charge in [0.15, 0.2) is 5.13 Å². The molecular weight excluding hydrogens is 403 g/mol. The minimum Gasteiger partial charge on any atom is -0.345 e. The largest absolute Gasteiger partial charge is 0.345 e. The van der Waals surface area contributed by atoms with Crippen LogP contribution in [0.3, 0.4) is 0 Å². The molecule has 4 rings (SSSR count). The van der Waals surface area contributed by atoms with Gasteiger partial charge in [-0.25, -0.2) is 9.37 Å². The molecule has 0 unspecified atom stereocenters. The molecule has 30 heavy (non-hydrogen) atoms. The molecule has 0 radical (unpaired) electrons. The summed E-state index contributed by atoms with van der Waals surface area (Å²) in [5, 5.41) is 3.96. The number of piperazine rings is 1. The van der Waals surface area contributed by atoms with Crippen LogP contribution in [0.4, 0.5) is 15.2 Å². The van der Waals surface area contributed by atoms with Gasteiger partial charge in [0.05, 0.1) is 5.69 Å². The molecular formula is C22H27FN4O2S.